The number of thiocarbonyl (C=S) groups is 1. The van der Waals surface area contributed by atoms with Gasteiger partial charge in [-0.05, 0) is 31.6 Å². The Morgan fingerprint density at radius 3 is 2.53 bits per heavy atom. The molecule has 0 spiro atoms. The van der Waals surface area contributed by atoms with E-state index in [4.69, 9.17) is 18.0 Å². The number of anilines is 1. The molecule has 0 saturated heterocycles. The molecule has 5 heteroatoms. The average Bonchev–Trinajstić information content (AvgIpc) is 2.46. The van der Waals surface area contributed by atoms with Crippen LogP contribution in [0.15, 0.2) is 12.4 Å². The van der Waals surface area contributed by atoms with Crippen molar-refractivity contribution in [1.29, 1.82) is 0 Å². The molecule has 1 aromatic rings. The summed E-state index contributed by atoms with van der Waals surface area (Å²) in [5.74, 6) is 1.71. The fourth-order valence-corrected chi connectivity index (χ4v) is 3.02. The predicted molar refractivity (Wildman–Crippen MR) is 82.4 cm³/mol. The van der Waals surface area contributed by atoms with E-state index in [2.05, 4.69) is 28.8 Å². The van der Waals surface area contributed by atoms with E-state index >= 15 is 0 Å². The maximum absolute atomic E-state index is 5.73. The number of aromatic nitrogens is 2. The molecule has 0 amide bonds. The van der Waals surface area contributed by atoms with Gasteiger partial charge in [-0.2, -0.15) is 0 Å². The summed E-state index contributed by atoms with van der Waals surface area (Å²) >= 11 is 5.06. The van der Waals surface area contributed by atoms with E-state index in [0.717, 1.165) is 11.7 Å². The standard InChI is InChI=1S/C14H22N4S/c1-3-10-4-6-11(7-5-10)18(2)14-12(13(15)19)16-8-9-17-14/h8-11H,3-7H2,1-2H3,(H2,15,19). The molecule has 1 aromatic heterocycles. The highest BCUT2D eigenvalue weighted by Crippen LogP contribution is 2.31. The van der Waals surface area contributed by atoms with E-state index in [0.29, 0.717) is 16.7 Å². The van der Waals surface area contributed by atoms with Gasteiger partial charge in [0, 0.05) is 25.5 Å². The predicted octanol–water partition coefficient (Wildman–Crippen LogP) is 2.52. The zero-order valence-corrected chi connectivity index (χ0v) is 12.5. The Bertz CT molecular complexity index is 441. The fraction of sp³-hybridized carbons (Fsp3) is 0.643. The van der Waals surface area contributed by atoms with Crippen molar-refractivity contribution in [3.8, 4) is 0 Å². The van der Waals surface area contributed by atoms with Crippen LogP contribution in [-0.2, 0) is 0 Å². The average molecular weight is 278 g/mol. The van der Waals surface area contributed by atoms with Crippen molar-refractivity contribution < 1.29 is 0 Å². The van der Waals surface area contributed by atoms with Gasteiger partial charge in [-0.1, -0.05) is 25.6 Å². The summed E-state index contributed by atoms with van der Waals surface area (Å²) < 4.78 is 0. The van der Waals surface area contributed by atoms with Gasteiger partial charge in [-0.3, -0.25) is 0 Å². The molecule has 4 nitrogen and oxygen atoms in total. The van der Waals surface area contributed by atoms with Gasteiger partial charge < -0.3 is 10.6 Å². The summed E-state index contributed by atoms with van der Waals surface area (Å²) in [5.41, 5.74) is 6.36. The Morgan fingerprint density at radius 1 is 1.32 bits per heavy atom. The topological polar surface area (TPSA) is 55.0 Å². The van der Waals surface area contributed by atoms with Crippen LogP contribution in [0.5, 0.6) is 0 Å². The first-order valence-electron chi connectivity index (χ1n) is 6.97. The Kier molecular flexibility index (Phi) is 4.69. The first-order valence-corrected chi connectivity index (χ1v) is 7.38. The van der Waals surface area contributed by atoms with Gasteiger partial charge in [0.05, 0.1) is 0 Å². The molecule has 2 N–H and O–H groups in total. The van der Waals surface area contributed by atoms with Crippen molar-refractivity contribution in [3.63, 3.8) is 0 Å². The molecule has 1 heterocycles. The third-order valence-corrected chi connectivity index (χ3v) is 4.38. The van der Waals surface area contributed by atoms with Crippen LogP contribution >= 0.6 is 12.2 Å². The Labute approximate surface area is 120 Å². The van der Waals surface area contributed by atoms with Crippen LogP contribution in [0.25, 0.3) is 0 Å². The van der Waals surface area contributed by atoms with Crippen LogP contribution < -0.4 is 10.6 Å². The SMILES string of the molecule is CCC1CCC(N(C)c2nccnc2C(N)=S)CC1. The van der Waals surface area contributed by atoms with E-state index in [1.165, 1.54) is 32.1 Å². The second-order valence-corrected chi connectivity index (χ2v) is 5.73. The zero-order valence-electron chi connectivity index (χ0n) is 11.7. The lowest BCUT2D eigenvalue weighted by molar-refractivity contribution is 0.313. The van der Waals surface area contributed by atoms with Crippen molar-refractivity contribution >= 4 is 23.0 Å². The van der Waals surface area contributed by atoms with Crippen LogP contribution in [0.1, 0.15) is 44.7 Å². The van der Waals surface area contributed by atoms with Gasteiger partial charge >= 0.3 is 0 Å². The molecule has 19 heavy (non-hydrogen) atoms. The first kappa shape index (κ1) is 14.2. The Balaban J connectivity index is 2.12. The monoisotopic (exact) mass is 278 g/mol. The molecule has 1 saturated carbocycles. The number of rotatable bonds is 4. The minimum absolute atomic E-state index is 0.317. The van der Waals surface area contributed by atoms with Gasteiger partial charge in [0.25, 0.3) is 0 Å². The summed E-state index contributed by atoms with van der Waals surface area (Å²) in [5, 5.41) is 0. The molecule has 1 aliphatic rings. The van der Waals surface area contributed by atoms with Crippen LogP contribution in [-0.4, -0.2) is 28.0 Å². The third kappa shape index (κ3) is 3.21. The number of nitrogens with two attached hydrogens (primary N) is 1. The van der Waals surface area contributed by atoms with Crippen LogP contribution in [0.4, 0.5) is 5.82 Å². The zero-order chi connectivity index (χ0) is 13.8. The molecule has 1 aliphatic carbocycles. The highest BCUT2D eigenvalue weighted by molar-refractivity contribution is 7.80. The van der Waals surface area contributed by atoms with Gasteiger partial charge in [0.1, 0.15) is 10.7 Å². The number of hydrogen-bond donors (Lipinski definition) is 1. The summed E-state index contributed by atoms with van der Waals surface area (Å²) in [4.78, 5) is 11.2. The van der Waals surface area contributed by atoms with E-state index < -0.39 is 0 Å². The van der Waals surface area contributed by atoms with E-state index in [1.807, 2.05) is 0 Å². The van der Waals surface area contributed by atoms with E-state index in [-0.39, 0.29) is 0 Å². The second kappa shape index (κ2) is 6.28. The van der Waals surface area contributed by atoms with Crippen LogP contribution in [0.2, 0.25) is 0 Å². The maximum atomic E-state index is 5.73. The summed E-state index contributed by atoms with van der Waals surface area (Å²) in [6, 6.07) is 0.521. The van der Waals surface area contributed by atoms with Crippen molar-refractivity contribution in [2.45, 2.75) is 45.1 Å². The molecule has 0 radical (unpaired) electrons. The minimum atomic E-state index is 0.317. The Morgan fingerprint density at radius 2 is 1.95 bits per heavy atom. The minimum Gasteiger partial charge on any atom is -0.388 e. The molecule has 104 valence electrons. The third-order valence-electron chi connectivity index (χ3n) is 4.19. The van der Waals surface area contributed by atoms with Gasteiger partial charge in [-0.25, -0.2) is 9.97 Å². The maximum Gasteiger partial charge on any atom is 0.157 e. The smallest absolute Gasteiger partial charge is 0.157 e. The molecule has 1 fully saturated rings. The largest absolute Gasteiger partial charge is 0.388 e. The molecular formula is C14H22N4S. The molecular weight excluding hydrogens is 256 g/mol. The van der Waals surface area contributed by atoms with Crippen LogP contribution in [0.3, 0.4) is 0 Å². The van der Waals surface area contributed by atoms with E-state index in [9.17, 15) is 0 Å². The highest BCUT2D eigenvalue weighted by Gasteiger charge is 2.25. The Hall–Kier alpha value is -1.23. The highest BCUT2D eigenvalue weighted by atomic mass is 32.1. The van der Waals surface area contributed by atoms with E-state index in [1.54, 1.807) is 12.4 Å². The lowest BCUT2D eigenvalue weighted by atomic mass is 9.84. The van der Waals surface area contributed by atoms with Gasteiger partial charge in [-0.15, -0.1) is 0 Å². The fourth-order valence-electron chi connectivity index (χ4n) is 2.88. The lowest BCUT2D eigenvalue weighted by Crippen LogP contribution is -2.37. The van der Waals surface area contributed by atoms with Crippen LogP contribution in [0, 0.1) is 5.92 Å². The van der Waals surface area contributed by atoms with Gasteiger partial charge in [0.15, 0.2) is 5.82 Å². The first-order chi connectivity index (χ1) is 9.13. The molecule has 0 atom stereocenters. The molecule has 0 aromatic carbocycles. The lowest BCUT2D eigenvalue weighted by Gasteiger charge is -2.35. The van der Waals surface area contributed by atoms with Crippen molar-refractivity contribution in [1.82, 2.24) is 9.97 Å². The second-order valence-electron chi connectivity index (χ2n) is 5.29. The molecule has 0 unspecified atom stereocenters. The molecule has 0 bridgehead atoms. The number of nitrogens with zero attached hydrogens (tertiary/aromatic N) is 3. The van der Waals surface area contributed by atoms with Crippen molar-refractivity contribution in [2.24, 2.45) is 11.7 Å². The number of hydrogen-bond acceptors (Lipinski definition) is 4. The normalized spacial score (nSPS) is 23.1. The van der Waals surface area contributed by atoms with Gasteiger partial charge in [0.2, 0.25) is 0 Å². The van der Waals surface area contributed by atoms with Crippen molar-refractivity contribution in [3.05, 3.63) is 18.1 Å². The molecule has 0 aliphatic heterocycles. The quantitative estimate of drug-likeness (QED) is 0.858. The summed E-state index contributed by atoms with van der Waals surface area (Å²) in [6.45, 7) is 2.28. The molecule has 2 rings (SSSR count). The summed E-state index contributed by atoms with van der Waals surface area (Å²) in [6.07, 6.45) is 9.65. The van der Waals surface area contributed by atoms with Crippen molar-refractivity contribution in [2.75, 3.05) is 11.9 Å². The summed E-state index contributed by atoms with van der Waals surface area (Å²) in [7, 11) is 2.07.